The predicted octanol–water partition coefficient (Wildman–Crippen LogP) is 0.627. The first-order valence-electron chi connectivity index (χ1n) is 7.52. The highest BCUT2D eigenvalue weighted by molar-refractivity contribution is 7.09. The van der Waals surface area contributed by atoms with Crippen LogP contribution in [-0.4, -0.2) is 60.9 Å². The number of carbonyl (C=O) groups excluding carboxylic acids is 3. The molecule has 1 aliphatic rings. The summed E-state index contributed by atoms with van der Waals surface area (Å²) in [5.41, 5.74) is 0. The molecular formula is C15H22N4O3S. The van der Waals surface area contributed by atoms with E-state index in [-0.39, 0.29) is 18.5 Å². The van der Waals surface area contributed by atoms with Gasteiger partial charge in [0.05, 0.1) is 19.1 Å². The Hall–Kier alpha value is -1.93. The van der Waals surface area contributed by atoms with Gasteiger partial charge in [-0.1, -0.05) is 6.07 Å². The van der Waals surface area contributed by atoms with Crippen molar-refractivity contribution in [2.75, 3.05) is 27.2 Å². The standard InChI is InChI=1S/C15H22N4O3S/c1-18(2)14(21)12-6-3-7-19(12)10-13(20)17-15(22)16-9-11-5-4-8-23-11/h4-5,8,12H,3,6-7,9-10H2,1-2H3,(H2,16,17,20,22). The molecular weight excluding hydrogens is 316 g/mol. The molecule has 0 aliphatic carbocycles. The molecule has 0 aromatic carbocycles. The first-order valence-corrected chi connectivity index (χ1v) is 8.40. The summed E-state index contributed by atoms with van der Waals surface area (Å²) in [5.74, 6) is -0.399. The van der Waals surface area contributed by atoms with Crippen molar-refractivity contribution in [3.63, 3.8) is 0 Å². The summed E-state index contributed by atoms with van der Waals surface area (Å²) in [7, 11) is 3.41. The van der Waals surface area contributed by atoms with Crippen molar-refractivity contribution in [1.82, 2.24) is 20.4 Å². The summed E-state index contributed by atoms with van der Waals surface area (Å²) >= 11 is 1.54. The van der Waals surface area contributed by atoms with Crippen LogP contribution in [0.15, 0.2) is 17.5 Å². The van der Waals surface area contributed by atoms with Gasteiger partial charge in [-0.3, -0.25) is 19.8 Å². The highest BCUT2D eigenvalue weighted by Gasteiger charge is 2.32. The zero-order valence-electron chi connectivity index (χ0n) is 13.4. The summed E-state index contributed by atoms with van der Waals surface area (Å²) in [4.78, 5) is 40.1. The Morgan fingerprint density at radius 2 is 2.17 bits per heavy atom. The lowest BCUT2D eigenvalue weighted by molar-refractivity contribution is -0.134. The number of thiophene rings is 1. The van der Waals surface area contributed by atoms with E-state index in [9.17, 15) is 14.4 Å². The van der Waals surface area contributed by atoms with Crippen molar-refractivity contribution in [2.24, 2.45) is 0 Å². The number of likely N-dealkylation sites (N-methyl/N-ethyl adjacent to an activating group) is 1. The lowest BCUT2D eigenvalue weighted by Gasteiger charge is -2.25. The van der Waals surface area contributed by atoms with E-state index >= 15 is 0 Å². The van der Waals surface area contributed by atoms with Gasteiger partial charge in [0.25, 0.3) is 0 Å². The van der Waals surface area contributed by atoms with Gasteiger partial charge in [-0.25, -0.2) is 4.79 Å². The minimum Gasteiger partial charge on any atom is -0.347 e. The minimum absolute atomic E-state index is 0.00236. The summed E-state index contributed by atoms with van der Waals surface area (Å²) in [6, 6.07) is 3.03. The number of imide groups is 1. The highest BCUT2D eigenvalue weighted by Crippen LogP contribution is 2.18. The fraction of sp³-hybridized carbons (Fsp3) is 0.533. The number of hydrogen-bond acceptors (Lipinski definition) is 5. The van der Waals surface area contributed by atoms with E-state index in [1.807, 2.05) is 22.4 Å². The number of amides is 4. The molecule has 0 spiro atoms. The average Bonchev–Trinajstić information content (AvgIpc) is 3.15. The maximum absolute atomic E-state index is 12.1. The third kappa shape index (κ3) is 5.04. The second-order valence-corrected chi connectivity index (χ2v) is 6.70. The van der Waals surface area contributed by atoms with Crippen LogP contribution in [0.4, 0.5) is 4.79 Å². The molecule has 2 N–H and O–H groups in total. The average molecular weight is 338 g/mol. The molecule has 1 atom stereocenters. The van der Waals surface area contributed by atoms with E-state index in [1.165, 1.54) is 16.2 Å². The summed E-state index contributed by atoms with van der Waals surface area (Å²) in [5, 5.41) is 6.87. The molecule has 1 saturated heterocycles. The van der Waals surface area contributed by atoms with Crippen molar-refractivity contribution < 1.29 is 14.4 Å². The normalized spacial score (nSPS) is 17.7. The summed E-state index contributed by atoms with van der Waals surface area (Å²) in [6.07, 6.45) is 1.62. The molecule has 1 fully saturated rings. The Bertz CT molecular complexity index is 559. The molecule has 0 bridgehead atoms. The molecule has 1 aliphatic heterocycles. The number of nitrogens with one attached hydrogen (secondary N) is 2. The van der Waals surface area contributed by atoms with Gasteiger partial charge in [0.2, 0.25) is 11.8 Å². The van der Waals surface area contributed by atoms with Crippen LogP contribution in [0.1, 0.15) is 17.7 Å². The van der Waals surface area contributed by atoms with Crippen molar-refractivity contribution in [3.8, 4) is 0 Å². The Balaban J connectivity index is 1.77. The molecule has 2 rings (SSSR count). The molecule has 1 unspecified atom stereocenters. The minimum atomic E-state index is -0.516. The number of urea groups is 1. The zero-order valence-corrected chi connectivity index (χ0v) is 14.2. The lowest BCUT2D eigenvalue weighted by Crippen LogP contribution is -2.48. The smallest absolute Gasteiger partial charge is 0.321 e. The second-order valence-electron chi connectivity index (χ2n) is 5.67. The molecule has 0 radical (unpaired) electrons. The number of hydrogen-bond donors (Lipinski definition) is 2. The fourth-order valence-corrected chi connectivity index (χ4v) is 3.21. The number of likely N-dealkylation sites (tertiary alicyclic amines) is 1. The van der Waals surface area contributed by atoms with Crippen LogP contribution in [0.2, 0.25) is 0 Å². The largest absolute Gasteiger partial charge is 0.347 e. The van der Waals surface area contributed by atoms with Gasteiger partial charge < -0.3 is 10.2 Å². The van der Waals surface area contributed by atoms with Crippen LogP contribution in [0.5, 0.6) is 0 Å². The molecule has 4 amide bonds. The van der Waals surface area contributed by atoms with Crippen LogP contribution < -0.4 is 10.6 Å². The molecule has 126 valence electrons. The van der Waals surface area contributed by atoms with Gasteiger partial charge >= 0.3 is 6.03 Å². The maximum Gasteiger partial charge on any atom is 0.321 e. The van der Waals surface area contributed by atoms with Gasteiger partial charge in [0.1, 0.15) is 0 Å². The van der Waals surface area contributed by atoms with Gasteiger partial charge in [0, 0.05) is 19.0 Å². The SMILES string of the molecule is CN(C)C(=O)C1CCCN1CC(=O)NC(=O)NCc1cccs1. The van der Waals surface area contributed by atoms with Crippen LogP contribution in [-0.2, 0) is 16.1 Å². The second kappa shape index (κ2) is 8.07. The van der Waals surface area contributed by atoms with E-state index in [0.717, 1.165) is 17.7 Å². The summed E-state index contributed by atoms with van der Waals surface area (Å²) in [6.45, 7) is 1.13. The van der Waals surface area contributed by atoms with Crippen molar-refractivity contribution in [1.29, 1.82) is 0 Å². The monoisotopic (exact) mass is 338 g/mol. The third-order valence-electron chi connectivity index (χ3n) is 3.69. The van der Waals surface area contributed by atoms with E-state index in [0.29, 0.717) is 13.1 Å². The quantitative estimate of drug-likeness (QED) is 0.825. The van der Waals surface area contributed by atoms with E-state index in [1.54, 1.807) is 14.1 Å². The zero-order chi connectivity index (χ0) is 16.8. The maximum atomic E-state index is 12.1. The Morgan fingerprint density at radius 3 is 2.83 bits per heavy atom. The van der Waals surface area contributed by atoms with E-state index in [2.05, 4.69) is 10.6 Å². The first kappa shape index (κ1) is 17.4. The number of carbonyl (C=O) groups is 3. The van der Waals surface area contributed by atoms with Gasteiger partial charge in [-0.2, -0.15) is 0 Å². The van der Waals surface area contributed by atoms with Crippen LogP contribution in [0, 0.1) is 0 Å². The molecule has 2 heterocycles. The third-order valence-corrected chi connectivity index (χ3v) is 4.57. The molecule has 1 aromatic rings. The van der Waals surface area contributed by atoms with Crippen LogP contribution in [0.25, 0.3) is 0 Å². The Labute approximate surface area is 139 Å². The lowest BCUT2D eigenvalue weighted by atomic mass is 10.2. The van der Waals surface area contributed by atoms with E-state index < -0.39 is 11.9 Å². The molecule has 0 saturated carbocycles. The first-order chi connectivity index (χ1) is 11.0. The van der Waals surface area contributed by atoms with Crippen LogP contribution in [0.3, 0.4) is 0 Å². The molecule has 23 heavy (non-hydrogen) atoms. The molecule has 1 aromatic heterocycles. The van der Waals surface area contributed by atoms with E-state index in [4.69, 9.17) is 0 Å². The van der Waals surface area contributed by atoms with Gasteiger partial charge in [-0.05, 0) is 30.8 Å². The summed E-state index contributed by atoms with van der Waals surface area (Å²) < 4.78 is 0. The van der Waals surface area contributed by atoms with Crippen molar-refractivity contribution in [3.05, 3.63) is 22.4 Å². The topological polar surface area (TPSA) is 81.8 Å². The predicted molar refractivity (Wildman–Crippen MR) is 88.0 cm³/mol. The van der Waals surface area contributed by atoms with Crippen molar-refractivity contribution >= 4 is 29.2 Å². The fourth-order valence-electron chi connectivity index (χ4n) is 2.57. The number of rotatable bonds is 5. The van der Waals surface area contributed by atoms with Crippen molar-refractivity contribution in [2.45, 2.75) is 25.4 Å². The molecule has 7 nitrogen and oxygen atoms in total. The Kier molecular flexibility index (Phi) is 6.12. The molecule has 8 heteroatoms. The van der Waals surface area contributed by atoms with Gasteiger partial charge in [0.15, 0.2) is 0 Å². The number of nitrogens with zero attached hydrogens (tertiary/aromatic N) is 2. The van der Waals surface area contributed by atoms with Gasteiger partial charge in [-0.15, -0.1) is 11.3 Å². The highest BCUT2D eigenvalue weighted by atomic mass is 32.1. The van der Waals surface area contributed by atoms with Crippen LogP contribution >= 0.6 is 11.3 Å². The Morgan fingerprint density at radius 1 is 1.39 bits per heavy atom.